The minimum absolute atomic E-state index is 0.0714. The molecule has 0 unspecified atom stereocenters. The molecule has 0 radical (unpaired) electrons. The second kappa shape index (κ2) is 9.13. The van der Waals surface area contributed by atoms with Crippen molar-refractivity contribution < 1.29 is 26.3 Å². The van der Waals surface area contributed by atoms with Crippen molar-refractivity contribution in [2.75, 3.05) is 29.4 Å². The summed E-state index contributed by atoms with van der Waals surface area (Å²) in [6.07, 6.45) is -7.56. The summed E-state index contributed by atoms with van der Waals surface area (Å²) < 4.78 is 80.1. The first-order chi connectivity index (χ1) is 17.4. The van der Waals surface area contributed by atoms with Gasteiger partial charge in [-0.05, 0) is 48.9 Å². The van der Waals surface area contributed by atoms with E-state index >= 15 is 0 Å². The maximum Gasteiger partial charge on any atom is 0.416 e. The predicted octanol–water partition coefficient (Wildman–Crippen LogP) is 7.03. The number of nitrogens with one attached hydrogen (secondary N) is 1. The molecule has 1 N–H and O–H groups in total. The van der Waals surface area contributed by atoms with Crippen LogP contribution >= 0.6 is 11.6 Å². The van der Waals surface area contributed by atoms with Crippen LogP contribution in [0.2, 0.25) is 5.02 Å². The molecule has 5 rings (SSSR count). The van der Waals surface area contributed by atoms with Gasteiger partial charge in [0.2, 0.25) is 5.95 Å². The van der Waals surface area contributed by atoms with E-state index in [0.29, 0.717) is 41.9 Å². The van der Waals surface area contributed by atoms with Crippen molar-refractivity contribution in [1.29, 1.82) is 0 Å². The average molecular weight is 540 g/mol. The van der Waals surface area contributed by atoms with E-state index in [4.69, 9.17) is 11.6 Å². The number of H-pyrrole nitrogens is 1. The highest BCUT2D eigenvalue weighted by molar-refractivity contribution is 6.32. The number of rotatable bonds is 3. The zero-order chi connectivity index (χ0) is 26.5. The van der Waals surface area contributed by atoms with Gasteiger partial charge in [0.1, 0.15) is 5.82 Å². The molecule has 0 amide bonds. The van der Waals surface area contributed by atoms with Crippen LogP contribution in [0.3, 0.4) is 0 Å². The van der Waals surface area contributed by atoms with Gasteiger partial charge in [-0.25, -0.2) is 9.97 Å². The Balaban J connectivity index is 1.52. The van der Waals surface area contributed by atoms with E-state index in [1.165, 1.54) is 0 Å². The molecule has 1 aliphatic rings. The number of aromatic amines is 1. The van der Waals surface area contributed by atoms with Crippen molar-refractivity contribution in [3.8, 4) is 11.1 Å². The first-order valence-corrected chi connectivity index (χ1v) is 11.7. The van der Waals surface area contributed by atoms with Gasteiger partial charge in [0.25, 0.3) is 0 Å². The number of piperazine rings is 1. The van der Waals surface area contributed by atoms with Gasteiger partial charge in [-0.15, -0.1) is 0 Å². The maximum atomic E-state index is 13.7. The van der Waals surface area contributed by atoms with Crippen molar-refractivity contribution in [2.45, 2.75) is 25.3 Å². The van der Waals surface area contributed by atoms with Crippen LogP contribution in [0.4, 0.5) is 38.1 Å². The third kappa shape index (κ3) is 4.92. The number of halogens is 7. The van der Waals surface area contributed by atoms with E-state index in [1.807, 2.05) is 16.7 Å². The maximum absolute atomic E-state index is 13.7. The van der Waals surface area contributed by atoms with E-state index in [-0.39, 0.29) is 22.7 Å². The lowest BCUT2D eigenvalue weighted by molar-refractivity contribution is -0.138. The summed E-state index contributed by atoms with van der Waals surface area (Å²) in [4.78, 5) is 15.9. The van der Waals surface area contributed by atoms with Gasteiger partial charge < -0.3 is 14.8 Å². The van der Waals surface area contributed by atoms with Crippen LogP contribution in [-0.4, -0.2) is 40.6 Å². The lowest BCUT2D eigenvalue weighted by Crippen LogP contribution is -2.52. The van der Waals surface area contributed by atoms with E-state index in [9.17, 15) is 26.3 Å². The van der Waals surface area contributed by atoms with Crippen LogP contribution in [0.25, 0.3) is 22.2 Å². The molecular formula is C25H20ClF6N5. The fraction of sp³-hybridized carbons (Fsp3) is 0.280. The number of hydrogen-bond donors (Lipinski definition) is 1. The Kier molecular flexibility index (Phi) is 6.21. The number of pyridine rings is 1. The molecule has 5 nitrogen and oxygen atoms in total. The van der Waals surface area contributed by atoms with Crippen LogP contribution in [0, 0.1) is 0 Å². The Morgan fingerprint density at radius 1 is 0.946 bits per heavy atom. The molecule has 194 valence electrons. The van der Waals surface area contributed by atoms with Crippen LogP contribution in [-0.2, 0) is 12.4 Å². The molecule has 4 aromatic rings. The number of aromatic nitrogens is 3. The Morgan fingerprint density at radius 3 is 2.27 bits per heavy atom. The SMILES string of the molecule is C[C@@H]1CN(c2ncccc2Cl)CCN1c1nc2cc(C(F)(F)F)cc(-c3ccc(C(F)(F)F)cc3)c2[nH]1. The monoisotopic (exact) mass is 539 g/mol. The Morgan fingerprint density at radius 2 is 1.65 bits per heavy atom. The van der Waals surface area contributed by atoms with Gasteiger partial charge in [-0.1, -0.05) is 23.7 Å². The van der Waals surface area contributed by atoms with Crippen molar-refractivity contribution in [2.24, 2.45) is 0 Å². The van der Waals surface area contributed by atoms with Gasteiger partial charge in [-0.3, -0.25) is 0 Å². The number of anilines is 2. The normalized spacial score (nSPS) is 17.0. The van der Waals surface area contributed by atoms with Crippen LogP contribution in [0.5, 0.6) is 0 Å². The quantitative estimate of drug-likeness (QED) is 0.284. The highest BCUT2D eigenvalue weighted by Crippen LogP contribution is 2.39. The minimum Gasteiger partial charge on any atom is -0.352 e. The third-order valence-corrected chi connectivity index (χ3v) is 6.66. The number of imidazole rings is 1. The lowest BCUT2D eigenvalue weighted by atomic mass is 9.99. The van der Waals surface area contributed by atoms with Crippen molar-refractivity contribution in [3.05, 3.63) is 70.9 Å². The van der Waals surface area contributed by atoms with E-state index < -0.39 is 23.5 Å². The number of fused-ring (bicyclic) bond motifs is 1. The fourth-order valence-corrected chi connectivity index (χ4v) is 4.78. The fourth-order valence-electron chi connectivity index (χ4n) is 4.54. The van der Waals surface area contributed by atoms with E-state index in [1.54, 1.807) is 18.3 Å². The zero-order valence-electron chi connectivity index (χ0n) is 19.3. The Hall–Kier alpha value is -3.47. The van der Waals surface area contributed by atoms with Crippen LogP contribution < -0.4 is 9.80 Å². The van der Waals surface area contributed by atoms with Crippen molar-refractivity contribution in [1.82, 2.24) is 15.0 Å². The molecule has 37 heavy (non-hydrogen) atoms. The highest BCUT2D eigenvalue weighted by Gasteiger charge is 2.34. The van der Waals surface area contributed by atoms with Gasteiger partial charge in [0, 0.05) is 37.4 Å². The summed E-state index contributed by atoms with van der Waals surface area (Å²) in [5, 5.41) is 0.521. The van der Waals surface area contributed by atoms with Gasteiger partial charge in [0.05, 0.1) is 27.2 Å². The number of hydrogen-bond acceptors (Lipinski definition) is 4. The van der Waals surface area contributed by atoms with E-state index in [2.05, 4.69) is 15.0 Å². The molecule has 3 heterocycles. The zero-order valence-corrected chi connectivity index (χ0v) is 20.1. The molecule has 0 saturated carbocycles. The number of alkyl halides is 6. The predicted molar refractivity (Wildman–Crippen MR) is 130 cm³/mol. The first kappa shape index (κ1) is 25.2. The molecule has 0 bridgehead atoms. The highest BCUT2D eigenvalue weighted by atomic mass is 35.5. The van der Waals surface area contributed by atoms with Crippen molar-refractivity contribution in [3.63, 3.8) is 0 Å². The smallest absolute Gasteiger partial charge is 0.352 e. The van der Waals surface area contributed by atoms with E-state index in [0.717, 1.165) is 36.4 Å². The topological polar surface area (TPSA) is 48.1 Å². The molecule has 12 heteroatoms. The number of benzene rings is 2. The Bertz CT molecular complexity index is 1430. The standard InChI is InChI=1S/C25H20ClF6N5/c1-14-13-36(22-19(26)3-2-8-33-22)9-10-37(14)23-34-20-12-17(25(30,31)32)11-18(21(20)35-23)15-4-6-16(7-5-15)24(27,28)29/h2-8,11-12,14H,9-10,13H2,1H3,(H,34,35)/t14-/m1/s1. The minimum atomic E-state index is -4.66. The molecule has 1 atom stereocenters. The van der Waals surface area contributed by atoms with Gasteiger partial charge in [0.15, 0.2) is 0 Å². The average Bonchev–Trinajstić information content (AvgIpc) is 3.26. The first-order valence-electron chi connectivity index (χ1n) is 11.3. The Labute approximate surface area is 212 Å². The molecule has 1 saturated heterocycles. The van der Waals surface area contributed by atoms with Crippen LogP contribution in [0.1, 0.15) is 18.1 Å². The molecule has 2 aromatic carbocycles. The van der Waals surface area contributed by atoms with Gasteiger partial charge in [-0.2, -0.15) is 26.3 Å². The summed E-state index contributed by atoms with van der Waals surface area (Å²) in [6, 6.07) is 9.29. The largest absolute Gasteiger partial charge is 0.416 e. The summed E-state index contributed by atoms with van der Waals surface area (Å²) in [7, 11) is 0. The summed E-state index contributed by atoms with van der Waals surface area (Å²) in [5.74, 6) is 1.03. The van der Waals surface area contributed by atoms with Crippen molar-refractivity contribution >= 4 is 34.4 Å². The summed E-state index contributed by atoms with van der Waals surface area (Å²) >= 11 is 6.28. The summed E-state index contributed by atoms with van der Waals surface area (Å²) in [5.41, 5.74) is -1.11. The second-order valence-electron chi connectivity index (χ2n) is 8.85. The molecule has 1 fully saturated rings. The van der Waals surface area contributed by atoms with Gasteiger partial charge >= 0.3 is 12.4 Å². The second-order valence-corrected chi connectivity index (χ2v) is 9.26. The van der Waals surface area contributed by atoms with Crippen LogP contribution in [0.15, 0.2) is 54.7 Å². The molecule has 0 spiro atoms. The summed E-state index contributed by atoms with van der Waals surface area (Å²) in [6.45, 7) is 3.55. The molecular weight excluding hydrogens is 520 g/mol. The third-order valence-electron chi connectivity index (χ3n) is 6.37. The number of nitrogens with zero attached hydrogens (tertiary/aromatic N) is 4. The molecule has 1 aliphatic heterocycles. The molecule has 2 aromatic heterocycles. The lowest BCUT2D eigenvalue weighted by Gasteiger charge is -2.40. The molecule has 0 aliphatic carbocycles.